The zero-order valence-corrected chi connectivity index (χ0v) is 20.9. The molecule has 10 heteroatoms. The van der Waals surface area contributed by atoms with Crippen molar-refractivity contribution in [2.24, 2.45) is 5.73 Å². The molecular weight excluding hydrogens is 488 g/mol. The van der Waals surface area contributed by atoms with E-state index in [1.807, 2.05) is 17.0 Å². The fourth-order valence-electron chi connectivity index (χ4n) is 4.73. The summed E-state index contributed by atoms with van der Waals surface area (Å²) in [7, 11) is -3.86. The zero-order valence-electron chi connectivity index (χ0n) is 20.0. The molecule has 1 atom stereocenters. The van der Waals surface area contributed by atoms with Gasteiger partial charge in [-0.3, -0.25) is 9.69 Å². The first-order valence-electron chi connectivity index (χ1n) is 11.9. The van der Waals surface area contributed by atoms with Gasteiger partial charge in [0.05, 0.1) is 28.2 Å². The quantitative estimate of drug-likeness (QED) is 0.364. The molecule has 5 rings (SSSR count). The van der Waals surface area contributed by atoms with Crippen molar-refractivity contribution in [1.29, 1.82) is 0 Å². The Morgan fingerprint density at radius 1 is 1.16 bits per heavy atom. The number of rotatable bonds is 7. The summed E-state index contributed by atoms with van der Waals surface area (Å²) in [5.74, 6) is 2.64. The van der Waals surface area contributed by atoms with Crippen LogP contribution in [-0.2, 0) is 14.8 Å². The normalized spacial score (nSPS) is 16.4. The first kappa shape index (κ1) is 24.5. The summed E-state index contributed by atoms with van der Waals surface area (Å²) in [5.41, 5.74) is 7.38. The molecule has 0 saturated carbocycles. The van der Waals surface area contributed by atoms with Crippen molar-refractivity contribution in [2.45, 2.75) is 23.8 Å². The molecule has 1 fully saturated rings. The smallest absolute Gasteiger partial charge is 0.268 e. The number of piperidine rings is 1. The zero-order chi connectivity index (χ0) is 26.0. The van der Waals surface area contributed by atoms with E-state index in [1.54, 1.807) is 54.9 Å². The van der Waals surface area contributed by atoms with Crippen molar-refractivity contribution in [2.75, 3.05) is 25.0 Å². The third-order valence-corrected chi connectivity index (χ3v) is 8.08. The molecule has 2 aromatic heterocycles. The predicted molar refractivity (Wildman–Crippen MR) is 142 cm³/mol. The molecule has 1 saturated heterocycles. The van der Waals surface area contributed by atoms with E-state index in [0.29, 0.717) is 40.2 Å². The first-order chi connectivity index (χ1) is 17.9. The Bertz CT molecular complexity index is 1610. The second-order valence-corrected chi connectivity index (χ2v) is 10.8. The molecule has 3 N–H and O–H groups in total. The number of hydrogen-bond donors (Lipinski definition) is 2. The van der Waals surface area contributed by atoms with Crippen molar-refractivity contribution < 1.29 is 13.2 Å². The molecule has 3 heterocycles. The summed E-state index contributed by atoms with van der Waals surface area (Å²) in [6, 6.07) is 15.5. The second-order valence-electron chi connectivity index (χ2n) is 8.96. The fraction of sp³-hybridized carbons (Fsp3) is 0.222. The number of primary amides is 1. The number of nitrogens with one attached hydrogen (secondary N) is 1. The molecule has 1 aliphatic heterocycles. The number of terminal acetylenes is 1. The van der Waals surface area contributed by atoms with E-state index >= 15 is 0 Å². The Kier molecular flexibility index (Phi) is 6.65. The van der Waals surface area contributed by atoms with Gasteiger partial charge in [-0.15, -0.1) is 6.42 Å². The van der Waals surface area contributed by atoms with Crippen molar-refractivity contribution >= 4 is 32.8 Å². The third kappa shape index (κ3) is 4.91. The topological polar surface area (TPSA) is 123 Å². The monoisotopic (exact) mass is 514 g/mol. The maximum Gasteiger partial charge on any atom is 0.268 e. The van der Waals surface area contributed by atoms with Gasteiger partial charge < -0.3 is 11.1 Å². The van der Waals surface area contributed by atoms with E-state index in [2.05, 4.69) is 16.2 Å². The van der Waals surface area contributed by atoms with E-state index in [4.69, 9.17) is 17.1 Å². The Hall–Kier alpha value is -4.20. The van der Waals surface area contributed by atoms with E-state index in [1.165, 1.54) is 3.97 Å². The maximum absolute atomic E-state index is 13.5. The van der Waals surface area contributed by atoms with Crippen molar-refractivity contribution in [1.82, 2.24) is 18.8 Å². The number of likely N-dealkylation sites (tertiary alicyclic amines) is 1. The van der Waals surface area contributed by atoms with Crippen molar-refractivity contribution in [3.05, 3.63) is 72.6 Å². The van der Waals surface area contributed by atoms with Gasteiger partial charge in [-0.05, 0) is 37.6 Å². The second kappa shape index (κ2) is 10.0. The summed E-state index contributed by atoms with van der Waals surface area (Å²) in [5, 5.41) is 4.05. The van der Waals surface area contributed by atoms with Crippen LogP contribution >= 0.6 is 0 Å². The Morgan fingerprint density at radius 3 is 2.68 bits per heavy atom. The standard InChI is InChI=1S/C27H26N6O3S/c1-2-19-15-29-27(30-20-9-8-14-32(16-20)18-25(28)34)31-26(19)23-17-33(24-13-7-6-12-22(23)24)37(35,36)21-10-4-3-5-11-21/h1,3-7,10-13,15,17,20H,8-9,14,16,18H2,(H2,28,34)(H,29,30,31). The number of carbonyl (C=O) groups excluding carboxylic acids is 1. The number of para-hydroxylation sites is 1. The Morgan fingerprint density at radius 2 is 1.92 bits per heavy atom. The van der Waals surface area contributed by atoms with Crippen LogP contribution in [0.1, 0.15) is 18.4 Å². The largest absolute Gasteiger partial charge is 0.369 e. The summed E-state index contributed by atoms with van der Waals surface area (Å²) < 4.78 is 28.3. The summed E-state index contributed by atoms with van der Waals surface area (Å²) >= 11 is 0. The lowest BCUT2D eigenvalue weighted by Gasteiger charge is -2.32. The van der Waals surface area contributed by atoms with Crippen LogP contribution < -0.4 is 11.1 Å². The van der Waals surface area contributed by atoms with E-state index < -0.39 is 10.0 Å². The van der Waals surface area contributed by atoms with Gasteiger partial charge in [0.15, 0.2) is 0 Å². The SMILES string of the molecule is C#Cc1cnc(NC2CCCN(CC(N)=O)C2)nc1-c1cn(S(=O)(=O)c2ccccc2)c2ccccc12. The summed E-state index contributed by atoms with van der Waals surface area (Å²) in [6.07, 6.45) is 10.7. The van der Waals surface area contributed by atoms with Crippen LogP contribution in [0.5, 0.6) is 0 Å². The van der Waals surface area contributed by atoms with E-state index in [9.17, 15) is 13.2 Å². The van der Waals surface area contributed by atoms with Crippen molar-refractivity contribution in [3.63, 3.8) is 0 Å². The Labute approximate surface area is 215 Å². The van der Waals surface area contributed by atoms with Crippen LogP contribution in [0.3, 0.4) is 0 Å². The highest BCUT2D eigenvalue weighted by atomic mass is 32.2. The van der Waals surface area contributed by atoms with Crippen LogP contribution in [-0.4, -0.2) is 58.8 Å². The van der Waals surface area contributed by atoms with Gasteiger partial charge >= 0.3 is 0 Å². The minimum atomic E-state index is -3.86. The van der Waals surface area contributed by atoms with E-state index in [0.717, 1.165) is 19.4 Å². The highest BCUT2D eigenvalue weighted by Crippen LogP contribution is 2.34. The lowest BCUT2D eigenvalue weighted by molar-refractivity contribution is -0.119. The number of fused-ring (bicyclic) bond motifs is 1. The van der Waals surface area contributed by atoms with Gasteiger partial charge in [-0.2, -0.15) is 0 Å². The molecule has 0 bridgehead atoms. The highest BCUT2D eigenvalue weighted by molar-refractivity contribution is 7.90. The predicted octanol–water partition coefficient (Wildman–Crippen LogP) is 2.68. The Balaban J connectivity index is 1.55. The van der Waals surface area contributed by atoms with Crippen LogP contribution in [0.15, 0.2) is 71.9 Å². The van der Waals surface area contributed by atoms with Gasteiger partial charge in [0, 0.05) is 35.9 Å². The molecule has 188 valence electrons. The molecular formula is C27H26N6O3S. The van der Waals surface area contributed by atoms with E-state index in [-0.39, 0.29) is 23.4 Å². The molecule has 0 aliphatic carbocycles. The fourth-order valence-corrected chi connectivity index (χ4v) is 6.12. The number of hydrogen-bond acceptors (Lipinski definition) is 7. The number of amides is 1. The molecule has 4 aromatic rings. The lowest BCUT2D eigenvalue weighted by Crippen LogP contribution is -2.45. The summed E-state index contributed by atoms with van der Waals surface area (Å²) in [6.45, 7) is 1.64. The minimum Gasteiger partial charge on any atom is -0.369 e. The van der Waals surface area contributed by atoms with Gasteiger partial charge in [-0.1, -0.05) is 42.3 Å². The molecule has 0 radical (unpaired) electrons. The molecule has 1 aliphatic rings. The third-order valence-electron chi connectivity index (χ3n) is 6.40. The minimum absolute atomic E-state index is 0.0254. The lowest BCUT2D eigenvalue weighted by atomic mass is 10.1. The van der Waals surface area contributed by atoms with Gasteiger partial charge in [0.1, 0.15) is 0 Å². The number of nitrogens with two attached hydrogens (primary N) is 1. The molecule has 1 amide bonds. The van der Waals surface area contributed by atoms with Crippen LogP contribution in [0, 0.1) is 12.3 Å². The highest BCUT2D eigenvalue weighted by Gasteiger charge is 2.25. The van der Waals surface area contributed by atoms with Crippen LogP contribution in [0.4, 0.5) is 5.95 Å². The van der Waals surface area contributed by atoms with Gasteiger partial charge in [0.2, 0.25) is 11.9 Å². The number of nitrogens with zero attached hydrogens (tertiary/aromatic N) is 4. The van der Waals surface area contributed by atoms with Gasteiger partial charge in [0.25, 0.3) is 10.0 Å². The molecule has 37 heavy (non-hydrogen) atoms. The number of carbonyl (C=O) groups is 1. The first-order valence-corrected chi connectivity index (χ1v) is 13.3. The average Bonchev–Trinajstić information content (AvgIpc) is 3.29. The molecule has 9 nitrogen and oxygen atoms in total. The molecule has 2 aromatic carbocycles. The maximum atomic E-state index is 13.5. The van der Waals surface area contributed by atoms with Crippen LogP contribution in [0.25, 0.3) is 22.2 Å². The number of aromatic nitrogens is 3. The van der Waals surface area contributed by atoms with Gasteiger partial charge in [-0.25, -0.2) is 22.4 Å². The summed E-state index contributed by atoms with van der Waals surface area (Å²) in [4.78, 5) is 22.7. The average molecular weight is 515 g/mol. The molecule has 0 spiro atoms. The molecule has 1 unspecified atom stereocenters. The van der Waals surface area contributed by atoms with Crippen molar-refractivity contribution in [3.8, 4) is 23.6 Å². The van der Waals surface area contributed by atoms with Crippen LogP contribution in [0.2, 0.25) is 0 Å². The number of anilines is 1. The number of benzene rings is 2.